The number of nitrogens with two attached hydrogens (primary N) is 1. The zero-order valence-electron chi connectivity index (χ0n) is 10.1. The summed E-state index contributed by atoms with van der Waals surface area (Å²) in [5, 5.41) is 8.50. The molecule has 6 heteroatoms. The molecule has 16 heavy (non-hydrogen) atoms. The van der Waals surface area contributed by atoms with Crippen LogP contribution < -0.4 is 5.73 Å². The summed E-state index contributed by atoms with van der Waals surface area (Å²) in [4.78, 5) is 21.6. The Morgan fingerprint density at radius 1 is 1.38 bits per heavy atom. The number of quaternary nitrogens is 1. The van der Waals surface area contributed by atoms with Gasteiger partial charge < -0.3 is 20.1 Å². The van der Waals surface area contributed by atoms with E-state index in [0.29, 0.717) is 11.1 Å². The predicted molar refractivity (Wildman–Crippen MR) is 58.7 cm³/mol. The van der Waals surface area contributed by atoms with Crippen molar-refractivity contribution in [2.24, 2.45) is 5.73 Å². The maximum absolute atomic E-state index is 11.2. The van der Waals surface area contributed by atoms with Gasteiger partial charge in [0.2, 0.25) is 0 Å². The number of carboxylic acid groups (broad SMARTS) is 1. The number of rotatable bonds is 7. The van der Waals surface area contributed by atoms with Crippen molar-refractivity contribution in [1.29, 1.82) is 0 Å². The van der Waals surface area contributed by atoms with Gasteiger partial charge in [-0.15, -0.1) is 0 Å². The minimum atomic E-state index is -1.10. The normalized spacial score (nSPS) is 13.2. The van der Waals surface area contributed by atoms with Gasteiger partial charge in [0.1, 0.15) is 19.2 Å². The van der Waals surface area contributed by atoms with Gasteiger partial charge in [0.05, 0.1) is 21.1 Å². The Labute approximate surface area is 95.6 Å². The van der Waals surface area contributed by atoms with Crippen molar-refractivity contribution in [1.82, 2.24) is 0 Å². The second-order valence-corrected chi connectivity index (χ2v) is 4.72. The summed E-state index contributed by atoms with van der Waals surface area (Å²) in [6.45, 7) is 1.06. The minimum absolute atomic E-state index is 0.0462. The van der Waals surface area contributed by atoms with Gasteiger partial charge in [-0.1, -0.05) is 0 Å². The molecule has 0 aliphatic rings. The van der Waals surface area contributed by atoms with E-state index in [2.05, 4.69) is 0 Å². The van der Waals surface area contributed by atoms with E-state index in [9.17, 15) is 9.59 Å². The number of likely N-dealkylation sites (N-methyl/N-ethyl adjacent to an activating group) is 1. The molecule has 0 fully saturated rings. The first-order chi connectivity index (χ1) is 7.22. The van der Waals surface area contributed by atoms with Crippen molar-refractivity contribution >= 4 is 11.9 Å². The summed E-state index contributed by atoms with van der Waals surface area (Å²) in [6.07, 6.45) is 0.156. The lowest BCUT2D eigenvalue weighted by Gasteiger charge is -2.23. The van der Waals surface area contributed by atoms with Gasteiger partial charge in [-0.3, -0.25) is 9.59 Å². The lowest BCUT2D eigenvalue weighted by atomic mass is 10.2. The molecular formula is C10H21N2O4+. The highest BCUT2D eigenvalue weighted by molar-refractivity contribution is 5.75. The molecule has 1 atom stereocenters. The van der Waals surface area contributed by atoms with Gasteiger partial charge in [-0.05, 0) is 6.42 Å². The quantitative estimate of drug-likeness (QED) is 0.454. The summed E-state index contributed by atoms with van der Waals surface area (Å²) in [7, 11) is 5.98. The Hall–Kier alpha value is -1.14. The lowest BCUT2D eigenvalue weighted by Crippen LogP contribution is -2.38. The number of hydrogen-bond donors (Lipinski definition) is 2. The molecule has 94 valence electrons. The van der Waals surface area contributed by atoms with Crippen molar-refractivity contribution < 1.29 is 23.9 Å². The van der Waals surface area contributed by atoms with E-state index in [-0.39, 0.29) is 12.8 Å². The van der Waals surface area contributed by atoms with E-state index in [1.807, 2.05) is 21.1 Å². The molecule has 0 amide bonds. The van der Waals surface area contributed by atoms with Gasteiger partial charge in [0.15, 0.2) is 0 Å². The standard InChI is InChI=1S/C10H20N2O4/c1-12(2,3)6-7-16-9(13)5-4-8(11)10(14)15/h8H,4-7,11H2,1-3H3/p+1/t8-/m0/s1. The molecule has 0 aromatic carbocycles. The second kappa shape index (κ2) is 6.44. The molecule has 0 saturated carbocycles. The first-order valence-electron chi connectivity index (χ1n) is 5.17. The van der Waals surface area contributed by atoms with Crippen molar-refractivity contribution in [2.45, 2.75) is 18.9 Å². The van der Waals surface area contributed by atoms with Gasteiger partial charge in [-0.25, -0.2) is 0 Å². The van der Waals surface area contributed by atoms with Crippen LogP contribution in [0.5, 0.6) is 0 Å². The highest BCUT2D eigenvalue weighted by Crippen LogP contribution is 1.98. The Kier molecular flexibility index (Phi) is 5.98. The molecule has 0 spiro atoms. The smallest absolute Gasteiger partial charge is 0.320 e. The molecule has 0 saturated heterocycles. The number of aliphatic carboxylic acids is 1. The topological polar surface area (TPSA) is 89.6 Å². The molecule has 3 N–H and O–H groups in total. The fourth-order valence-electron chi connectivity index (χ4n) is 0.902. The molecule has 0 aromatic heterocycles. The van der Waals surface area contributed by atoms with Crippen LogP contribution in [-0.2, 0) is 14.3 Å². The molecule has 0 heterocycles. The molecule has 0 aliphatic heterocycles. The molecule has 6 nitrogen and oxygen atoms in total. The third kappa shape index (κ3) is 8.19. The number of hydrogen-bond acceptors (Lipinski definition) is 4. The Morgan fingerprint density at radius 2 is 1.94 bits per heavy atom. The lowest BCUT2D eigenvalue weighted by molar-refractivity contribution is -0.870. The third-order valence-corrected chi connectivity index (χ3v) is 2.00. The number of esters is 1. The van der Waals surface area contributed by atoms with Crippen LogP contribution >= 0.6 is 0 Å². The predicted octanol–water partition coefficient (Wildman–Crippen LogP) is -0.572. The number of carbonyl (C=O) groups excluding carboxylic acids is 1. The van der Waals surface area contributed by atoms with E-state index in [4.69, 9.17) is 15.6 Å². The SMILES string of the molecule is C[N+](C)(C)CCOC(=O)CC[C@H](N)C(=O)O. The number of carboxylic acids is 1. The molecule has 0 bridgehead atoms. The first-order valence-corrected chi connectivity index (χ1v) is 5.17. The Morgan fingerprint density at radius 3 is 2.38 bits per heavy atom. The Bertz CT molecular complexity index is 248. The number of carbonyl (C=O) groups is 2. The van der Waals surface area contributed by atoms with Crippen molar-refractivity contribution in [3.05, 3.63) is 0 Å². The number of ether oxygens (including phenoxy) is 1. The minimum Gasteiger partial charge on any atom is -0.480 e. The molecule has 0 unspecified atom stereocenters. The van der Waals surface area contributed by atoms with Crippen LogP contribution in [0.1, 0.15) is 12.8 Å². The van der Waals surface area contributed by atoms with Crippen LogP contribution in [-0.4, -0.2) is 61.9 Å². The van der Waals surface area contributed by atoms with Gasteiger partial charge in [0.25, 0.3) is 0 Å². The van der Waals surface area contributed by atoms with Crippen molar-refractivity contribution in [2.75, 3.05) is 34.3 Å². The highest BCUT2D eigenvalue weighted by atomic mass is 16.5. The summed E-state index contributed by atoms with van der Waals surface area (Å²) < 4.78 is 5.66. The first kappa shape index (κ1) is 14.9. The second-order valence-electron chi connectivity index (χ2n) is 4.72. The van der Waals surface area contributed by atoms with E-state index >= 15 is 0 Å². The van der Waals surface area contributed by atoms with E-state index in [1.54, 1.807) is 0 Å². The molecular weight excluding hydrogens is 212 g/mol. The van der Waals surface area contributed by atoms with Crippen LogP contribution in [0, 0.1) is 0 Å². The van der Waals surface area contributed by atoms with Crippen molar-refractivity contribution in [3.63, 3.8) is 0 Å². The molecule has 0 rings (SSSR count). The Balaban J connectivity index is 3.64. The fraction of sp³-hybridized carbons (Fsp3) is 0.800. The zero-order chi connectivity index (χ0) is 12.8. The van der Waals surface area contributed by atoms with Gasteiger partial charge in [-0.2, -0.15) is 0 Å². The van der Waals surface area contributed by atoms with E-state index in [1.165, 1.54) is 0 Å². The summed E-state index contributed by atoms with van der Waals surface area (Å²) in [6, 6.07) is -0.994. The summed E-state index contributed by atoms with van der Waals surface area (Å²) in [5.74, 6) is -1.50. The summed E-state index contributed by atoms with van der Waals surface area (Å²) >= 11 is 0. The monoisotopic (exact) mass is 233 g/mol. The highest BCUT2D eigenvalue weighted by Gasteiger charge is 2.15. The molecule has 0 radical (unpaired) electrons. The van der Waals surface area contributed by atoms with Crippen LogP contribution in [0.3, 0.4) is 0 Å². The van der Waals surface area contributed by atoms with Crippen LogP contribution in [0.15, 0.2) is 0 Å². The van der Waals surface area contributed by atoms with E-state index < -0.39 is 18.0 Å². The van der Waals surface area contributed by atoms with E-state index in [0.717, 1.165) is 6.54 Å². The molecule has 0 aliphatic carbocycles. The van der Waals surface area contributed by atoms with Crippen LogP contribution in [0.4, 0.5) is 0 Å². The average Bonchev–Trinajstić information content (AvgIpc) is 2.11. The fourth-order valence-corrected chi connectivity index (χ4v) is 0.902. The van der Waals surface area contributed by atoms with Gasteiger partial charge in [0, 0.05) is 6.42 Å². The maximum Gasteiger partial charge on any atom is 0.320 e. The van der Waals surface area contributed by atoms with Crippen molar-refractivity contribution in [3.8, 4) is 0 Å². The third-order valence-electron chi connectivity index (χ3n) is 2.00. The maximum atomic E-state index is 11.2. The zero-order valence-corrected chi connectivity index (χ0v) is 10.1. The largest absolute Gasteiger partial charge is 0.480 e. The number of nitrogens with zero attached hydrogens (tertiary/aromatic N) is 1. The summed E-state index contributed by atoms with van der Waals surface area (Å²) in [5.41, 5.74) is 5.25. The molecule has 0 aromatic rings. The van der Waals surface area contributed by atoms with Gasteiger partial charge >= 0.3 is 11.9 Å². The van der Waals surface area contributed by atoms with Crippen LogP contribution in [0.25, 0.3) is 0 Å². The average molecular weight is 233 g/mol. The van der Waals surface area contributed by atoms with Crippen LogP contribution in [0.2, 0.25) is 0 Å².